The molecule has 4 rings (SSSR count). The Morgan fingerprint density at radius 1 is 1.00 bits per heavy atom. The van der Waals surface area contributed by atoms with E-state index in [-0.39, 0.29) is 18.0 Å². The van der Waals surface area contributed by atoms with E-state index in [2.05, 4.69) is 5.10 Å². The molecule has 3 aromatic carbocycles. The van der Waals surface area contributed by atoms with Crippen LogP contribution in [0.3, 0.4) is 0 Å². The molecule has 5 nitrogen and oxygen atoms in total. The maximum atomic E-state index is 13.2. The number of hydrogen-bond acceptors (Lipinski definition) is 4. The lowest BCUT2D eigenvalue weighted by Gasteiger charge is -2.23. The highest BCUT2D eigenvalue weighted by Gasteiger charge is 2.19. The van der Waals surface area contributed by atoms with Crippen LogP contribution in [0.2, 0.25) is 0 Å². The molecule has 29 heavy (non-hydrogen) atoms. The van der Waals surface area contributed by atoms with Crippen molar-refractivity contribution in [2.45, 2.75) is 19.1 Å². The highest BCUT2D eigenvalue weighted by molar-refractivity contribution is 5.81. The normalized spacial score (nSPS) is 13.2. The van der Waals surface area contributed by atoms with Crippen LogP contribution >= 0.6 is 0 Å². The first-order valence-corrected chi connectivity index (χ1v) is 9.35. The van der Waals surface area contributed by atoms with Crippen LogP contribution in [0.4, 0.5) is 4.39 Å². The Kier molecular flexibility index (Phi) is 5.18. The van der Waals surface area contributed by atoms with Gasteiger partial charge in [0, 0.05) is 11.4 Å². The molecular weight excluding hydrogens is 369 g/mol. The number of nitrogens with two attached hydrogens (primary N) is 1. The molecular formula is C23H22FN3O2. The van der Waals surface area contributed by atoms with Gasteiger partial charge in [0.1, 0.15) is 23.4 Å². The van der Waals surface area contributed by atoms with Crippen molar-refractivity contribution < 1.29 is 13.9 Å². The van der Waals surface area contributed by atoms with Gasteiger partial charge in [-0.05, 0) is 67.1 Å². The second-order valence-corrected chi connectivity index (χ2v) is 6.93. The molecule has 0 saturated carbocycles. The van der Waals surface area contributed by atoms with Crippen molar-refractivity contribution >= 4 is 10.9 Å². The first kappa shape index (κ1) is 19.0. The lowest BCUT2D eigenvalue weighted by Crippen LogP contribution is -2.29. The minimum atomic E-state index is -0.324. The van der Waals surface area contributed by atoms with Gasteiger partial charge in [0.25, 0.3) is 0 Å². The first-order chi connectivity index (χ1) is 14.0. The SMILES string of the molecule is COc1cccc([C@@H](Oc2ccc3c(cnn3-c3ccc(F)cc3)c2)[C@H](C)N)c1. The standard InChI is InChI=1S/C23H22FN3O2/c1-15(25)23(16-4-3-5-20(12-16)28-2)29-21-10-11-22-17(13-21)14-26-27(22)19-8-6-18(24)7-9-19/h3-15,23H,25H2,1-2H3/t15-,23-/m0/s1. The molecule has 1 aromatic heterocycles. The predicted molar refractivity (Wildman–Crippen MR) is 111 cm³/mol. The zero-order valence-electron chi connectivity index (χ0n) is 16.2. The molecule has 0 fully saturated rings. The van der Waals surface area contributed by atoms with E-state index < -0.39 is 0 Å². The van der Waals surface area contributed by atoms with Crippen molar-refractivity contribution in [3.05, 3.63) is 84.3 Å². The van der Waals surface area contributed by atoms with Crippen LogP contribution in [-0.2, 0) is 0 Å². The molecule has 6 heteroatoms. The van der Waals surface area contributed by atoms with Gasteiger partial charge in [0.2, 0.25) is 0 Å². The summed E-state index contributed by atoms with van der Waals surface area (Å²) in [4.78, 5) is 0. The summed E-state index contributed by atoms with van der Waals surface area (Å²) in [6.07, 6.45) is 1.44. The Hall–Kier alpha value is -3.38. The van der Waals surface area contributed by atoms with Gasteiger partial charge >= 0.3 is 0 Å². The Labute approximate surface area is 168 Å². The smallest absolute Gasteiger partial charge is 0.139 e. The Morgan fingerprint density at radius 2 is 1.79 bits per heavy atom. The summed E-state index contributed by atoms with van der Waals surface area (Å²) in [5.74, 6) is 1.18. The fourth-order valence-corrected chi connectivity index (χ4v) is 3.32. The average molecular weight is 391 g/mol. The lowest BCUT2D eigenvalue weighted by atomic mass is 10.0. The van der Waals surface area contributed by atoms with E-state index in [1.54, 1.807) is 30.1 Å². The quantitative estimate of drug-likeness (QED) is 0.520. The number of rotatable bonds is 6. The fraction of sp³-hybridized carbons (Fsp3) is 0.174. The second kappa shape index (κ2) is 7.93. The lowest BCUT2D eigenvalue weighted by molar-refractivity contribution is 0.180. The Bertz CT molecular complexity index is 1120. The molecule has 2 N–H and O–H groups in total. The van der Waals surface area contributed by atoms with Crippen LogP contribution in [-0.4, -0.2) is 22.9 Å². The van der Waals surface area contributed by atoms with Crippen LogP contribution in [0.15, 0.2) is 72.9 Å². The van der Waals surface area contributed by atoms with Crippen molar-refractivity contribution in [3.8, 4) is 17.2 Å². The number of hydrogen-bond donors (Lipinski definition) is 1. The van der Waals surface area contributed by atoms with Crippen LogP contribution in [0.5, 0.6) is 11.5 Å². The molecule has 148 valence electrons. The molecule has 0 aliphatic heterocycles. The molecule has 0 amide bonds. The topological polar surface area (TPSA) is 62.3 Å². The summed E-state index contributed by atoms with van der Waals surface area (Å²) in [5.41, 5.74) is 8.84. The van der Waals surface area contributed by atoms with Crippen molar-refractivity contribution in [1.82, 2.24) is 9.78 Å². The third-order valence-corrected chi connectivity index (χ3v) is 4.77. The maximum Gasteiger partial charge on any atom is 0.139 e. The number of ether oxygens (including phenoxy) is 2. The molecule has 0 bridgehead atoms. The van der Waals surface area contributed by atoms with E-state index in [0.29, 0.717) is 5.75 Å². The van der Waals surface area contributed by atoms with Gasteiger partial charge in [0.15, 0.2) is 0 Å². The van der Waals surface area contributed by atoms with Crippen molar-refractivity contribution in [1.29, 1.82) is 0 Å². The largest absolute Gasteiger partial charge is 0.497 e. The third-order valence-electron chi connectivity index (χ3n) is 4.77. The monoisotopic (exact) mass is 391 g/mol. The number of fused-ring (bicyclic) bond motifs is 1. The van der Waals surface area contributed by atoms with Crippen LogP contribution in [0, 0.1) is 5.82 Å². The number of halogens is 1. The van der Waals surface area contributed by atoms with E-state index in [1.807, 2.05) is 49.4 Å². The maximum absolute atomic E-state index is 13.2. The number of aromatic nitrogens is 2. The zero-order chi connectivity index (χ0) is 20.4. The number of nitrogens with zero attached hydrogens (tertiary/aromatic N) is 2. The average Bonchev–Trinajstić information content (AvgIpc) is 3.15. The molecule has 0 unspecified atom stereocenters. The van der Waals surface area contributed by atoms with E-state index in [9.17, 15) is 4.39 Å². The second-order valence-electron chi connectivity index (χ2n) is 6.93. The minimum Gasteiger partial charge on any atom is -0.497 e. The van der Waals surface area contributed by atoms with Gasteiger partial charge in [-0.25, -0.2) is 9.07 Å². The van der Waals surface area contributed by atoms with E-state index in [0.717, 1.165) is 27.9 Å². The summed E-state index contributed by atoms with van der Waals surface area (Å²) in [6, 6.07) is 19.5. The molecule has 4 aromatic rings. The Morgan fingerprint density at radius 3 is 2.52 bits per heavy atom. The summed E-state index contributed by atoms with van der Waals surface area (Å²) < 4.78 is 26.5. The highest BCUT2D eigenvalue weighted by Crippen LogP contribution is 2.29. The van der Waals surface area contributed by atoms with Gasteiger partial charge in [-0.3, -0.25) is 0 Å². The molecule has 0 aliphatic carbocycles. The van der Waals surface area contributed by atoms with Gasteiger partial charge in [0.05, 0.1) is 24.5 Å². The van der Waals surface area contributed by atoms with E-state index in [4.69, 9.17) is 15.2 Å². The highest BCUT2D eigenvalue weighted by atomic mass is 19.1. The molecule has 2 atom stereocenters. The zero-order valence-corrected chi connectivity index (χ0v) is 16.2. The first-order valence-electron chi connectivity index (χ1n) is 9.35. The van der Waals surface area contributed by atoms with Gasteiger partial charge in [-0.1, -0.05) is 12.1 Å². The molecule has 0 saturated heterocycles. The minimum absolute atomic E-state index is 0.222. The molecule has 0 radical (unpaired) electrons. The number of methoxy groups -OCH3 is 1. The van der Waals surface area contributed by atoms with Crippen molar-refractivity contribution in [2.75, 3.05) is 7.11 Å². The summed E-state index contributed by atoms with van der Waals surface area (Å²) in [7, 11) is 1.63. The summed E-state index contributed by atoms with van der Waals surface area (Å²) in [5, 5.41) is 5.35. The molecule has 1 heterocycles. The van der Waals surface area contributed by atoms with Gasteiger partial charge in [-0.2, -0.15) is 5.10 Å². The number of benzene rings is 3. The van der Waals surface area contributed by atoms with Crippen molar-refractivity contribution in [2.24, 2.45) is 5.73 Å². The van der Waals surface area contributed by atoms with Gasteiger partial charge in [-0.15, -0.1) is 0 Å². The van der Waals surface area contributed by atoms with Gasteiger partial charge < -0.3 is 15.2 Å². The van der Waals surface area contributed by atoms with Crippen molar-refractivity contribution in [3.63, 3.8) is 0 Å². The van der Waals surface area contributed by atoms with E-state index >= 15 is 0 Å². The van der Waals surface area contributed by atoms with Crippen LogP contribution in [0.1, 0.15) is 18.6 Å². The third kappa shape index (κ3) is 3.93. The fourth-order valence-electron chi connectivity index (χ4n) is 3.32. The Balaban J connectivity index is 1.64. The molecule has 0 spiro atoms. The summed E-state index contributed by atoms with van der Waals surface area (Å²) in [6.45, 7) is 1.91. The molecule has 0 aliphatic rings. The van der Waals surface area contributed by atoms with Crippen LogP contribution < -0.4 is 15.2 Å². The van der Waals surface area contributed by atoms with Crippen LogP contribution in [0.25, 0.3) is 16.6 Å². The summed E-state index contributed by atoms with van der Waals surface area (Å²) >= 11 is 0. The van der Waals surface area contributed by atoms with E-state index in [1.165, 1.54) is 12.1 Å². The predicted octanol–water partition coefficient (Wildman–Crippen LogP) is 4.64.